The zero-order chi connectivity index (χ0) is 19.0. The Hall–Kier alpha value is -3.48. The first-order chi connectivity index (χ1) is 13.0. The number of aryl methyl sites for hydroxylation is 2. The summed E-state index contributed by atoms with van der Waals surface area (Å²) >= 11 is 0. The molecule has 0 aliphatic heterocycles. The fourth-order valence-electron chi connectivity index (χ4n) is 3.08. The smallest absolute Gasteiger partial charge is 0.326 e. The minimum Gasteiger partial charge on any atom is -0.350 e. The van der Waals surface area contributed by atoms with E-state index < -0.39 is 0 Å². The van der Waals surface area contributed by atoms with E-state index in [1.807, 2.05) is 38.1 Å². The van der Waals surface area contributed by atoms with Gasteiger partial charge in [-0.2, -0.15) is 0 Å². The molecule has 0 unspecified atom stereocenters. The van der Waals surface area contributed by atoms with E-state index in [1.165, 1.54) is 0 Å². The molecule has 0 atom stereocenters. The zero-order valence-electron chi connectivity index (χ0n) is 15.1. The van der Waals surface area contributed by atoms with E-state index in [-0.39, 0.29) is 11.6 Å². The van der Waals surface area contributed by atoms with E-state index in [0.29, 0.717) is 24.2 Å². The van der Waals surface area contributed by atoms with Crippen LogP contribution in [0.2, 0.25) is 0 Å². The summed E-state index contributed by atoms with van der Waals surface area (Å²) in [6.45, 7) is 4.54. The van der Waals surface area contributed by atoms with Crippen LogP contribution in [0.5, 0.6) is 0 Å². The fourth-order valence-corrected chi connectivity index (χ4v) is 3.08. The summed E-state index contributed by atoms with van der Waals surface area (Å²) in [5, 5.41) is 2.86. The number of amides is 1. The number of carbonyl (C=O) groups excluding carboxylic acids is 1. The molecule has 0 bridgehead atoms. The molecule has 27 heavy (non-hydrogen) atoms. The number of fused-ring (bicyclic) bond motifs is 2. The van der Waals surface area contributed by atoms with Gasteiger partial charge in [-0.3, -0.25) is 9.36 Å². The molecule has 4 aromatic rings. The molecule has 2 heterocycles. The summed E-state index contributed by atoms with van der Waals surface area (Å²) in [5.41, 5.74) is 5.13. The number of hydrogen-bond acceptors (Lipinski definition) is 4. The number of aromatic amines is 1. The van der Waals surface area contributed by atoms with Crippen LogP contribution in [0.4, 0.5) is 0 Å². The van der Waals surface area contributed by atoms with Crippen molar-refractivity contribution >= 4 is 28.0 Å². The van der Waals surface area contributed by atoms with Crippen LogP contribution < -0.4 is 11.0 Å². The van der Waals surface area contributed by atoms with E-state index in [4.69, 9.17) is 0 Å². The van der Waals surface area contributed by atoms with Crippen molar-refractivity contribution in [3.63, 3.8) is 0 Å². The number of hydrogen-bond donors (Lipinski definition) is 2. The van der Waals surface area contributed by atoms with Gasteiger partial charge in [0.2, 0.25) is 0 Å². The lowest BCUT2D eigenvalue weighted by Crippen LogP contribution is -2.30. The molecule has 4 rings (SSSR count). The molecule has 0 aliphatic carbocycles. The van der Waals surface area contributed by atoms with E-state index in [9.17, 15) is 9.59 Å². The molecule has 0 saturated carbocycles. The summed E-state index contributed by atoms with van der Waals surface area (Å²) in [6.07, 6.45) is 0. The highest BCUT2D eigenvalue weighted by Gasteiger charge is 2.10. The normalized spacial score (nSPS) is 11.2. The van der Waals surface area contributed by atoms with Crippen molar-refractivity contribution in [2.24, 2.45) is 0 Å². The van der Waals surface area contributed by atoms with Crippen molar-refractivity contribution in [3.05, 3.63) is 69.9 Å². The molecule has 2 aromatic heterocycles. The van der Waals surface area contributed by atoms with Crippen molar-refractivity contribution in [3.8, 4) is 0 Å². The number of imidazole rings is 1. The standard InChI is InChI=1S/C20H19N5O2/c1-12-13(2)23-17-11-14(7-8-15(17)22-12)19(26)21-9-10-25-18-6-4-3-5-16(18)24-20(25)27/h3-8,11H,9-10H2,1-2H3,(H,21,26)(H,24,27). The molecule has 7 nitrogen and oxygen atoms in total. The number of nitrogens with one attached hydrogen (secondary N) is 2. The molecule has 2 aromatic carbocycles. The largest absolute Gasteiger partial charge is 0.350 e. The van der Waals surface area contributed by atoms with Gasteiger partial charge in [0.1, 0.15) is 0 Å². The van der Waals surface area contributed by atoms with Crippen LogP contribution in [0.25, 0.3) is 22.1 Å². The molecule has 0 fully saturated rings. The van der Waals surface area contributed by atoms with Gasteiger partial charge in [-0.1, -0.05) is 12.1 Å². The van der Waals surface area contributed by atoms with Crippen molar-refractivity contribution in [2.45, 2.75) is 20.4 Å². The van der Waals surface area contributed by atoms with Crippen LogP contribution in [0, 0.1) is 13.8 Å². The van der Waals surface area contributed by atoms with Crippen LogP contribution in [-0.2, 0) is 6.54 Å². The van der Waals surface area contributed by atoms with Gasteiger partial charge in [-0.05, 0) is 44.2 Å². The van der Waals surface area contributed by atoms with Gasteiger partial charge in [0.05, 0.1) is 33.5 Å². The third-order valence-electron chi connectivity index (χ3n) is 4.64. The summed E-state index contributed by atoms with van der Waals surface area (Å²) < 4.78 is 1.62. The van der Waals surface area contributed by atoms with E-state index in [2.05, 4.69) is 20.3 Å². The third kappa shape index (κ3) is 3.19. The Morgan fingerprint density at radius 2 is 1.81 bits per heavy atom. The minimum atomic E-state index is -0.204. The maximum absolute atomic E-state index is 12.5. The molecule has 7 heteroatoms. The van der Waals surface area contributed by atoms with Gasteiger partial charge in [-0.15, -0.1) is 0 Å². The number of nitrogens with zero attached hydrogens (tertiary/aromatic N) is 3. The Labute approximate surface area is 155 Å². The van der Waals surface area contributed by atoms with Gasteiger partial charge in [0, 0.05) is 18.7 Å². The maximum atomic E-state index is 12.5. The molecule has 0 radical (unpaired) electrons. The number of rotatable bonds is 4. The highest BCUT2D eigenvalue weighted by molar-refractivity contribution is 5.97. The molecule has 136 valence electrons. The van der Waals surface area contributed by atoms with E-state index in [0.717, 1.165) is 27.9 Å². The number of para-hydroxylation sites is 2. The Kier molecular flexibility index (Phi) is 4.19. The molecular formula is C20H19N5O2. The van der Waals surface area contributed by atoms with Gasteiger partial charge in [0.25, 0.3) is 5.91 Å². The van der Waals surface area contributed by atoms with Gasteiger partial charge in [0.15, 0.2) is 0 Å². The monoisotopic (exact) mass is 361 g/mol. The van der Waals surface area contributed by atoms with Crippen molar-refractivity contribution in [2.75, 3.05) is 6.54 Å². The predicted molar refractivity (Wildman–Crippen MR) is 104 cm³/mol. The lowest BCUT2D eigenvalue weighted by atomic mass is 10.1. The first kappa shape index (κ1) is 17.0. The number of carbonyl (C=O) groups is 1. The quantitative estimate of drug-likeness (QED) is 0.583. The topological polar surface area (TPSA) is 92.7 Å². The van der Waals surface area contributed by atoms with Crippen LogP contribution in [0.1, 0.15) is 21.7 Å². The SMILES string of the molecule is Cc1nc2ccc(C(=O)NCCn3c(=O)[nH]c4ccccc43)cc2nc1C. The Morgan fingerprint density at radius 3 is 2.63 bits per heavy atom. The number of benzene rings is 2. The van der Waals surface area contributed by atoms with E-state index in [1.54, 1.807) is 22.8 Å². The second kappa shape index (κ2) is 6.68. The van der Waals surface area contributed by atoms with Crippen molar-refractivity contribution in [1.82, 2.24) is 24.8 Å². The van der Waals surface area contributed by atoms with Crippen molar-refractivity contribution < 1.29 is 4.79 Å². The Morgan fingerprint density at radius 1 is 1.07 bits per heavy atom. The maximum Gasteiger partial charge on any atom is 0.326 e. The second-order valence-corrected chi connectivity index (χ2v) is 6.45. The van der Waals surface area contributed by atoms with E-state index >= 15 is 0 Å². The lowest BCUT2D eigenvalue weighted by molar-refractivity contribution is 0.0952. The Balaban J connectivity index is 1.49. The number of aromatic nitrogens is 4. The van der Waals surface area contributed by atoms with Gasteiger partial charge >= 0.3 is 5.69 Å². The fraction of sp³-hybridized carbons (Fsp3) is 0.200. The predicted octanol–water partition coefficient (Wildman–Crippen LogP) is 2.32. The first-order valence-corrected chi connectivity index (χ1v) is 8.74. The molecule has 0 spiro atoms. The lowest BCUT2D eigenvalue weighted by Gasteiger charge is -2.08. The van der Waals surface area contributed by atoms with Crippen LogP contribution in [-0.4, -0.2) is 32.0 Å². The highest BCUT2D eigenvalue weighted by Crippen LogP contribution is 2.14. The summed E-state index contributed by atoms with van der Waals surface area (Å²) in [5.74, 6) is -0.204. The van der Waals surface area contributed by atoms with Crippen LogP contribution in [0.3, 0.4) is 0 Å². The molecule has 1 amide bonds. The zero-order valence-corrected chi connectivity index (χ0v) is 15.1. The second-order valence-electron chi connectivity index (χ2n) is 6.45. The number of H-pyrrole nitrogens is 1. The summed E-state index contributed by atoms with van der Waals surface area (Å²) in [4.78, 5) is 36.3. The average molecular weight is 361 g/mol. The van der Waals surface area contributed by atoms with Crippen LogP contribution >= 0.6 is 0 Å². The van der Waals surface area contributed by atoms with Crippen LogP contribution in [0.15, 0.2) is 47.3 Å². The Bertz CT molecular complexity index is 1220. The van der Waals surface area contributed by atoms with Crippen molar-refractivity contribution in [1.29, 1.82) is 0 Å². The molecule has 0 saturated heterocycles. The van der Waals surface area contributed by atoms with Gasteiger partial charge in [-0.25, -0.2) is 14.8 Å². The molecule has 0 aliphatic rings. The first-order valence-electron chi connectivity index (χ1n) is 8.74. The minimum absolute atomic E-state index is 0.183. The van der Waals surface area contributed by atoms with Gasteiger partial charge < -0.3 is 10.3 Å². The highest BCUT2D eigenvalue weighted by atomic mass is 16.2. The summed E-state index contributed by atoms with van der Waals surface area (Å²) in [7, 11) is 0. The average Bonchev–Trinajstić information content (AvgIpc) is 2.98. The third-order valence-corrected chi connectivity index (χ3v) is 4.64. The summed E-state index contributed by atoms with van der Waals surface area (Å²) in [6, 6.07) is 12.8. The molecular weight excluding hydrogens is 342 g/mol. The molecule has 2 N–H and O–H groups in total.